The molecule has 1 aromatic carbocycles. The van der Waals surface area contributed by atoms with E-state index in [4.69, 9.17) is 0 Å². The van der Waals surface area contributed by atoms with E-state index in [-0.39, 0.29) is 5.56 Å². The molecule has 0 aliphatic carbocycles. The van der Waals surface area contributed by atoms with Gasteiger partial charge in [-0.1, -0.05) is 19.1 Å². The number of aliphatic hydroxyl groups is 1. The zero-order valence-corrected chi connectivity index (χ0v) is 17.1. The Balaban J connectivity index is 3.13. The fourth-order valence-electron chi connectivity index (χ4n) is 2.74. The Morgan fingerprint density at radius 3 is 1.74 bits per heavy atom. The highest BCUT2D eigenvalue weighted by Gasteiger charge is 2.43. The molecule has 31 heavy (non-hydrogen) atoms. The Hall–Kier alpha value is -3.15. The van der Waals surface area contributed by atoms with Gasteiger partial charge in [0.2, 0.25) is 0 Å². The van der Waals surface area contributed by atoms with Crippen LogP contribution in [-0.2, 0) is 39.6 Å². The fourth-order valence-corrected chi connectivity index (χ4v) is 2.74. The van der Waals surface area contributed by atoms with E-state index in [0.717, 1.165) is 33.5 Å². The lowest BCUT2D eigenvalue weighted by Gasteiger charge is -2.27. The number of hydrogen-bond acceptors (Lipinski definition) is 8. The van der Waals surface area contributed by atoms with Gasteiger partial charge in [-0.3, -0.25) is 14.4 Å². The highest BCUT2D eigenvalue weighted by Crippen LogP contribution is 2.30. The minimum Gasteiger partial charge on any atom is -0.468 e. The highest BCUT2D eigenvalue weighted by atomic mass is 19.4. The van der Waals surface area contributed by atoms with Crippen LogP contribution >= 0.6 is 0 Å². The summed E-state index contributed by atoms with van der Waals surface area (Å²) >= 11 is 0. The van der Waals surface area contributed by atoms with E-state index in [9.17, 15) is 37.5 Å². The smallest absolute Gasteiger partial charge is 0.416 e. The van der Waals surface area contributed by atoms with Crippen molar-refractivity contribution in [1.29, 1.82) is 0 Å². The Labute approximate surface area is 175 Å². The van der Waals surface area contributed by atoms with Crippen molar-refractivity contribution in [1.82, 2.24) is 5.32 Å². The number of carbonyl (C=O) groups is 4. The van der Waals surface area contributed by atoms with Crippen LogP contribution in [0.15, 0.2) is 24.3 Å². The number of esters is 3. The number of carbonyl (C=O) groups excluding carboxylic acids is 4. The molecule has 0 spiro atoms. The second-order valence-electron chi connectivity index (χ2n) is 6.41. The number of halogens is 3. The lowest BCUT2D eigenvalue weighted by molar-refractivity contribution is -0.164. The van der Waals surface area contributed by atoms with Gasteiger partial charge in [-0.15, -0.1) is 0 Å². The summed E-state index contributed by atoms with van der Waals surface area (Å²) in [6, 6.07) is 1.56. The molecule has 0 unspecified atom stereocenters. The van der Waals surface area contributed by atoms with Crippen molar-refractivity contribution in [2.75, 3.05) is 21.3 Å². The highest BCUT2D eigenvalue weighted by molar-refractivity contribution is 5.96. The van der Waals surface area contributed by atoms with Gasteiger partial charge in [-0.05, 0) is 17.7 Å². The van der Waals surface area contributed by atoms with Gasteiger partial charge in [0.05, 0.1) is 26.9 Å². The summed E-state index contributed by atoms with van der Waals surface area (Å²) in [5, 5.41) is 12.3. The molecular formula is C19H22F3NO8. The van der Waals surface area contributed by atoms with Crippen LogP contribution in [0.3, 0.4) is 0 Å². The average molecular weight is 449 g/mol. The number of aliphatic hydroxyl groups excluding tert-OH is 1. The van der Waals surface area contributed by atoms with Crippen molar-refractivity contribution >= 4 is 23.8 Å². The summed E-state index contributed by atoms with van der Waals surface area (Å²) in [6.07, 6.45) is -6.55. The van der Waals surface area contributed by atoms with Gasteiger partial charge in [-0.25, -0.2) is 4.79 Å². The first kappa shape index (κ1) is 25.9. The topological polar surface area (TPSA) is 128 Å². The standard InChI is InChI=1S/C19H22F3NO8/c1-9(12(16(26)29-2)17(27)30-3)13(18(28)31-4)23-15(25)14(24)10-5-7-11(8-6-10)19(20,21)22/h5-9,12-14,24H,1-4H3,(H,23,25)/t9-,13+,14+/m0/s1. The van der Waals surface area contributed by atoms with Crippen molar-refractivity contribution in [3.05, 3.63) is 35.4 Å². The molecule has 0 fully saturated rings. The summed E-state index contributed by atoms with van der Waals surface area (Å²) in [5.41, 5.74) is -1.16. The number of alkyl halides is 3. The van der Waals surface area contributed by atoms with Gasteiger partial charge >= 0.3 is 24.1 Å². The number of hydrogen-bond donors (Lipinski definition) is 2. The fraction of sp³-hybridized carbons (Fsp3) is 0.474. The number of ether oxygens (including phenoxy) is 3. The van der Waals surface area contributed by atoms with E-state index >= 15 is 0 Å². The van der Waals surface area contributed by atoms with Crippen molar-refractivity contribution in [3.8, 4) is 0 Å². The van der Waals surface area contributed by atoms with Crippen LogP contribution in [0.5, 0.6) is 0 Å². The van der Waals surface area contributed by atoms with Gasteiger partial charge in [0, 0.05) is 5.92 Å². The van der Waals surface area contributed by atoms with Gasteiger partial charge in [0.15, 0.2) is 12.0 Å². The summed E-state index contributed by atoms with van der Waals surface area (Å²) in [4.78, 5) is 48.6. The van der Waals surface area contributed by atoms with Crippen LogP contribution < -0.4 is 5.32 Å². The van der Waals surface area contributed by atoms with E-state index in [1.807, 2.05) is 0 Å². The average Bonchev–Trinajstić information content (AvgIpc) is 2.75. The predicted octanol–water partition coefficient (Wildman–Crippen LogP) is 0.995. The molecule has 0 aromatic heterocycles. The molecule has 2 N–H and O–H groups in total. The van der Waals surface area contributed by atoms with Crippen molar-refractivity contribution in [2.45, 2.75) is 25.2 Å². The van der Waals surface area contributed by atoms with Gasteiger partial charge in [0.25, 0.3) is 5.91 Å². The molecule has 0 heterocycles. The third kappa shape index (κ3) is 6.41. The van der Waals surface area contributed by atoms with E-state index in [2.05, 4.69) is 19.5 Å². The first-order chi connectivity index (χ1) is 14.4. The van der Waals surface area contributed by atoms with E-state index in [1.165, 1.54) is 6.92 Å². The summed E-state index contributed by atoms with van der Waals surface area (Å²) < 4.78 is 51.6. The van der Waals surface area contributed by atoms with E-state index in [1.54, 1.807) is 0 Å². The van der Waals surface area contributed by atoms with Crippen LogP contribution in [0.4, 0.5) is 13.2 Å². The third-order valence-corrected chi connectivity index (χ3v) is 4.52. The normalized spacial score (nSPS) is 14.2. The van der Waals surface area contributed by atoms with E-state index in [0.29, 0.717) is 12.1 Å². The molecule has 1 rings (SSSR count). The van der Waals surface area contributed by atoms with Crippen molar-refractivity contribution < 1.29 is 51.7 Å². The quantitative estimate of drug-likeness (QED) is 0.342. The molecule has 0 saturated heterocycles. The number of amides is 1. The van der Waals surface area contributed by atoms with Gasteiger partial charge in [-0.2, -0.15) is 13.2 Å². The zero-order valence-electron chi connectivity index (χ0n) is 17.1. The number of rotatable bonds is 8. The zero-order chi connectivity index (χ0) is 23.9. The second-order valence-corrected chi connectivity index (χ2v) is 6.41. The predicted molar refractivity (Wildman–Crippen MR) is 97.0 cm³/mol. The number of nitrogens with one attached hydrogen (secondary N) is 1. The van der Waals surface area contributed by atoms with E-state index < -0.39 is 59.5 Å². The molecule has 9 nitrogen and oxygen atoms in total. The molecule has 0 radical (unpaired) electrons. The van der Waals surface area contributed by atoms with Crippen molar-refractivity contribution in [2.24, 2.45) is 11.8 Å². The molecule has 1 aromatic rings. The second kappa shape index (κ2) is 10.8. The largest absolute Gasteiger partial charge is 0.468 e. The minimum atomic E-state index is -4.60. The molecule has 0 aliphatic rings. The molecule has 12 heteroatoms. The molecule has 0 aliphatic heterocycles. The van der Waals surface area contributed by atoms with Crippen LogP contribution in [0.1, 0.15) is 24.2 Å². The molecule has 0 bridgehead atoms. The Kier molecular flexibility index (Phi) is 8.98. The summed E-state index contributed by atoms with van der Waals surface area (Å²) in [7, 11) is 3.00. The van der Waals surface area contributed by atoms with Crippen LogP contribution in [0.25, 0.3) is 0 Å². The third-order valence-electron chi connectivity index (χ3n) is 4.52. The Morgan fingerprint density at radius 1 is 0.903 bits per heavy atom. The molecular weight excluding hydrogens is 427 g/mol. The molecule has 3 atom stereocenters. The number of benzene rings is 1. The van der Waals surface area contributed by atoms with Gasteiger partial charge < -0.3 is 24.6 Å². The number of methoxy groups -OCH3 is 3. The maximum absolute atomic E-state index is 12.7. The first-order valence-electron chi connectivity index (χ1n) is 8.78. The molecule has 1 amide bonds. The SMILES string of the molecule is COC(=O)C(C(=O)OC)[C@H](C)[C@@H](NC(=O)[C@H](O)c1ccc(C(F)(F)F)cc1)C(=O)OC. The minimum absolute atomic E-state index is 0.181. The van der Waals surface area contributed by atoms with Crippen LogP contribution in [-0.4, -0.2) is 56.3 Å². The summed E-state index contributed by atoms with van der Waals surface area (Å²) in [6.45, 7) is 1.27. The maximum atomic E-state index is 12.7. The van der Waals surface area contributed by atoms with Gasteiger partial charge in [0.1, 0.15) is 6.04 Å². The lowest BCUT2D eigenvalue weighted by Crippen LogP contribution is -2.52. The van der Waals surface area contributed by atoms with Crippen LogP contribution in [0, 0.1) is 11.8 Å². The lowest BCUT2D eigenvalue weighted by atomic mass is 9.87. The van der Waals surface area contributed by atoms with Crippen molar-refractivity contribution in [3.63, 3.8) is 0 Å². The van der Waals surface area contributed by atoms with Crippen LogP contribution in [0.2, 0.25) is 0 Å². The summed E-state index contributed by atoms with van der Waals surface area (Å²) in [5.74, 6) is -7.12. The molecule has 0 saturated carbocycles. The molecule has 172 valence electrons. The Bertz CT molecular complexity index is 793. The monoisotopic (exact) mass is 449 g/mol. The maximum Gasteiger partial charge on any atom is 0.416 e. The first-order valence-corrected chi connectivity index (χ1v) is 8.78. The Morgan fingerprint density at radius 2 is 1.35 bits per heavy atom.